The van der Waals surface area contributed by atoms with Gasteiger partial charge in [0.05, 0.1) is 0 Å². The van der Waals surface area contributed by atoms with Gasteiger partial charge in [0.25, 0.3) is 10.2 Å². The molecule has 0 unspecified atom stereocenters. The molecule has 0 saturated carbocycles. The van der Waals surface area contributed by atoms with Gasteiger partial charge < -0.3 is 5.11 Å². The van der Waals surface area contributed by atoms with Gasteiger partial charge in [0, 0.05) is 13.1 Å². The van der Waals surface area contributed by atoms with Crippen molar-refractivity contribution in [2.24, 2.45) is 11.8 Å². The van der Waals surface area contributed by atoms with Crippen molar-refractivity contribution in [3.8, 4) is 0 Å². The summed E-state index contributed by atoms with van der Waals surface area (Å²) in [6.45, 7) is 6.37. The quantitative estimate of drug-likeness (QED) is 0.773. The molecule has 6 nitrogen and oxygen atoms in total. The van der Waals surface area contributed by atoms with Crippen LogP contribution in [0, 0.1) is 11.8 Å². The largest absolute Gasteiger partial charge is 0.480 e. The molecule has 1 saturated heterocycles. The van der Waals surface area contributed by atoms with Crippen LogP contribution in [0.3, 0.4) is 0 Å². The Morgan fingerprint density at radius 3 is 2.22 bits per heavy atom. The molecule has 106 valence electrons. The van der Waals surface area contributed by atoms with Crippen molar-refractivity contribution in [3.63, 3.8) is 0 Å². The Morgan fingerprint density at radius 1 is 1.33 bits per heavy atom. The van der Waals surface area contributed by atoms with Crippen molar-refractivity contribution >= 4 is 16.2 Å². The number of hydrogen-bond acceptors (Lipinski definition) is 3. The minimum Gasteiger partial charge on any atom is -0.480 e. The second-order valence-electron chi connectivity index (χ2n) is 5.26. The third-order valence-electron chi connectivity index (χ3n) is 3.29. The summed E-state index contributed by atoms with van der Waals surface area (Å²) >= 11 is 0. The summed E-state index contributed by atoms with van der Waals surface area (Å²) < 4.78 is 27.7. The molecule has 2 N–H and O–H groups in total. The van der Waals surface area contributed by atoms with Gasteiger partial charge in [0.1, 0.15) is 6.04 Å². The molecule has 0 aromatic heterocycles. The minimum atomic E-state index is -3.69. The molecule has 0 aliphatic carbocycles. The van der Waals surface area contributed by atoms with E-state index in [2.05, 4.69) is 11.6 Å². The zero-order valence-electron chi connectivity index (χ0n) is 11.1. The maximum Gasteiger partial charge on any atom is 0.322 e. The zero-order valence-corrected chi connectivity index (χ0v) is 11.9. The van der Waals surface area contributed by atoms with Crippen molar-refractivity contribution in [3.05, 3.63) is 0 Å². The van der Waals surface area contributed by atoms with E-state index in [1.807, 2.05) is 0 Å². The Bertz CT molecular complexity index is 386. The Kier molecular flexibility index (Phi) is 5.12. The SMILES string of the molecule is CC1CCN(S(=O)(=O)N[C@@H](C(=O)O)C(C)C)CC1. The van der Waals surface area contributed by atoms with Crippen LogP contribution >= 0.6 is 0 Å². The van der Waals surface area contributed by atoms with Gasteiger partial charge in [-0.1, -0.05) is 20.8 Å². The minimum absolute atomic E-state index is 0.291. The summed E-state index contributed by atoms with van der Waals surface area (Å²) in [6, 6.07) is -1.07. The highest BCUT2D eigenvalue weighted by atomic mass is 32.2. The van der Waals surface area contributed by atoms with E-state index >= 15 is 0 Å². The van der Waals surface area contributed by atoms with Crippen LogP contribution in [-0.2, 0) is 15.0 Å². The van der Waals surface area contributed by atoms with Gasteiger partial charge in [-0.05, 0) is 24.7 Å². The normalized spacial score (nSPS) is 21.1. The molecule has 1 fully saturated rings. The summed E-state index contributed by atoms with van der Waals surface area (Å²) in [5.74, 6) is -0.906. The molecule has 0 radical (unpaired) electrons. The van der Waals surface area contributed by atoms with Crippen molar-refractivity contribution < 1.29 is 18.3 Å². The van der Waals surface area contributed by atoms with Crippen molar-refractivity contribution in [1.29, 1.82) is 0 Å². The maximum absolute atomic E-state index is 12.1. The van der Waals surface area contributed by atoms with Crippen LogP contribution < -0.4 is 4.72 Å². The summed E-state index contributed by atoms with van der Waals surface area (Å²) in [7, 11) is -3.69. The van der Waals surface area contributed by atoms with Crippen LogP contribution in [-0.4, -0.2) is 42.9 Å². The van der Waals surface area contributed by atoms with Crippen LogP contribution in [0.15, 0.2) is 0 Å². The fourth-order valence-corrected chi connectivity index (χ4v) is 3.47. The first-order chi connectivity index (χ1) is 8.24. The molecule has 1 rings (SSSR count). The van der Waals surface area contributed by atoms with Gasteiger partial charge in [-0.3, -0.25) is 4.79 Å². The van der Waals surface area contributed by atoms with E-state index in [9.17, 15) is 13.2 Å². The highest BCUT2D eigenvalue weighted by Gasteiger charge is 2.32. The molecule has 0 aromatic rings. The van der Waals surface area contributed by atoms with E-state index in [0.717, 1.165) is 12.8 Å². The molecule has 0 bridgehead atoms. The van der Waals surface area contributed by atoms with E-state index in [1.165, 1.54) is 4.31 Å². The lowest BCUT2D eigenvalue weighted by atomic mass is 10.0. The first-order valence-electron chi connectivity index (χ1n) is 6.24. The molecule has 1 heterocycles. The fraction of sp³-hybridized carbons (Fsp3) is 0.909. The standard InChI is InChI=1S/C11H22N2O4S/c1-8(2)10(11(14)15)12-18(16,17)13-6-4-9(3)5-7-13/h8-10,12H,4-7H2,1-3H3,(H,14,15)/t10-/m1/s1. The van der Waals surface area contributed by atoms with Gasteiger partial charge in [0.15, 0.2) is 0 Å². The Balaban J connectivity index is 2.72. The maximum atomic E-state index is 12.1. The van der Waals surface area contributed by atoms with E-state index < -0.39 is 22.2 Å². The van der Waals surface area contributed by atoms with Gasteiger partial charge in [-0.15, -0.1) is 0 Å². The third-order valence-corrected chi connectivity index (χ3v) is 4.89. The number of hydrogen-bond donors (Lipinski definition) is 2. The number of rotatable bonds is 5. The van der Waals surface area contributed by atoms with Crippen LogP contribution in [0.2, 0.25) is 0 Å². The molecule has 0 spiro atoms. The second-order valence-corrected chi connectivity index (χ2v) is 6.97. The first-order valence-corrected chi connectivity index (χ1v) is 7.68. The van der Waals surface area contributed by atoms with E-state index in [0.29, 0.717) is 19.0 Å². The van der Waals surface area contributed by atoms with Gasteiger partial charge in [-0.2, -0.15) is 17.4 Å². The predicted octanol–water partition coefficient (Wildman–Crippen LogP) is 0.662. The molecule has 1 aliphatic heterocycles. The monoisotopic (exact) mass is 278 g/mol. The highest BCUT2D eigenvalue weighted by Crippen LogP contribution is 2.18. The van der Waals surface area contributed by atoms with Crippen molar-refractivity contribution in [1.82, 2.24) is 9.03 Å². The van der Waals surface area contributed by atoms with Gasteiger partial charge in [0.2, 0.25) is 0 Å². The van der Waals surface area contributed by atoms with E-state index in [-0.39, 0.29) is 5.92 Å². The zero-order chi connectivity index (χ0) is 13.9. The number of carbonyl (C=O) groups is 1. The molecule has 0 aromatic carbocycles. The average molecular weight is 278 g/mol. The van der Waals surface area contributed by atoms with Crippen LogP contribution in [0.5, 0.6) is 0 Å². The lowest BCUT2D eigenvalue weighted by Crippen LogP contribution is -2.52. The molecule has 1 atom stereocenters. The van der Waals surface area contributed by atoms with Crippen LogP contribution in [0.1, 0.15) is 33.6 Å². The summed E-state index contributed by atoms with van der Waals surface area (Å²) in [5, 5.41) is 9.00. The molecular weight excluding hydrogens is 256 g/mol. The molecular formula is C11H22N2O4S. The molecule has 7 heteroatoms. The van der Waals surface area contributed by atoms with Crippen LogP contribution in [0.4, 0.5) is 0 Å². The Hall–Kier alpha value is -0.660. The van der Waals surface area contributed by atoms with Crippen molar-refractivity contribution in [2.45, 2.75) is 39.7 Å². The number of nitrogens with zero attached hydrogens (tertiary/aromatic N) is 1. The fourth-order valence-electron chi connectivity index (χ4n) is 1.93. The number of aliphatic carboxylic acids is 1. The highest BCUT2D eigenvalue weighted by molar-refractivity contribution is 7.87. The first kappa shape index (κ1) is 15.4. The summed E-state index contributed by atoms with van der Waals surface area (Å²) in [4.78, 5) is 11.0. The third kappa shape index (κ3) is 3.93. The molecule has 1 aliphatic rings. The summed E-state index contributed by atoms with van der Waals surface area (Å²) in [5.41, 5.74) is 0. The molecule has 18 heavy (non-hydrogen) atoms. The van der Waals surface area contributed by atoms with E-state index in [1.54, 1.807) is 13.8 Å². The number of carboxylic acid groups (broad SMARTS) is 1. The van der Waals surface area contributed by atoms with Gasteiger partial charge in [-0.25, -0.2) is 0 Å². The van der Waals surface area contributed by atoms with Crippen LogP contribution in [0.25, 0.3) is 0 Å². The predicted molar refractivity (Wildman–Crippen MR) is 68.3 cm³/mol. The number of carboxylic acids is 1. The lowest BCUT2D eigenvalue weighted by Gasteiger charge is -2.31. The van der Waals surface area contributed by atoms with E-state index in [4.69, 9.17) is 5.11 Å². The Morgan fingerprint density at radius 2 is 1.83 bits per heavy atom. The number of nitrogens with one attached hydrogen (secondary N) is 1. The average Bonchev–Trinajstić information content (AvgIpc) is 2.26. The van der Waals surface area contributed by atoms with Crippen molar-refractivity contribution in [2.75, 3.05) is 13.1 Å². The summed E-state index contributed by atoms with van der Waals surface area (Å²) in [6.07, 6.45) is 1.64. The lowest BCUT2D eigenvalue weighted by molar-refractivity contribution is -0.140. The number of piperidine rings is 1. The Labute approximate surface area is 109 Å². The smallest absolute Gasteiger partial charge is 0.322 e. The topological polar surface area (TPSA) is 86.7 Å². The molecule has 0 amide bonds. The van der Waals surface area contributed by atoms with Gasteiger partial charge >= 0.3 is 5.97 Å². The second kappa shape index (κ2) is 5.99.